The maximum absolute atomic E-state index is 12.1. The molecular formula is C16H20ClN3O3. The van der Waals surface area contributed by atoms with Crippen LogP contribution in [0.3, 0.4) is 0 Å². The van der Waals surface area contributed by atoms with Gasteiger partial charge < -0.3 is 15.2 Å². The molecule has 0 fully saturated rings. The number of aryl methyl sites for hydroxylation is 2. The van der Waals surface area contributed by atoms with Gasteiger partial charge in [-0.2, -0.15) is 5.10 Å². The molecule has 2 aromatic rings. The maximum atomic E-state index is 12.1. The van der Waals surface area contributed by atoms with E-state index in [2.05, 4.69) is 10.4 Å². The van der Waals surface area contributed by atoms with E-state index in [1.807, 2.05) is 25.1 Å². The van der Waals surface area contributed by atoms with Crippen LogP contribution in [0, 0.1) is 6.92 Å². The summed E-state index contributed by atoms with van der Waals surface area (Å²) in [5, 5.41) is 16.4. The molecule has 1 amide bonds. The smallest absolute Gasteiger partial charge is 0.224 e. The van der Waals surface area contributed by atoms with Crippen molar-refractivity contribution in [3.63, 3.8) is 0 Å². The minimum atomic E-state index is -0.139. The van der Waals surface area contributed by atoms with Crippen molar-refractivity contribution in [3.05, 3.63) is 46.2 Å². The molecule has 2 rings (SSSR count). The van der Waals surface area contributed by atoms with Crippen molar-refractivity contribution in [1.29, 1.82) is 0 Å². The molecule has 0 saturated carbocycles. The maximum Gasteiger partial charge on any atom is 0.224 e. The molecule has 0 spiro atoms. The number of aliphatic hydroxyl groups is 1. The molecular weight excluding hydrogens is 318 g/mol. The number of amides is 1. The molecule has 1 heterocycles. The van der Waals surface area contributed by atoms with E-state index in [1.54, 1.807) is 17.8 Å². The Morgan fingerprint density at radius 1 is 1.43 bits per heavy atom. The van der Waals surface area contributed by atoms with Gasteiger partial charge in [0, 0.05) is 24.7 Å². The van der Waals surface area contributed by atoms with Gasteiger partial charge in [0.1, 0.15) is 17.5 Å². The highest BCUT2D eigenvalue weighted by molar-refractivity contribution is 6.30. The van der Waals surface area contributed by atoms with E-state index in [0.717, 1.165) is 16.8 Å². The number of aromatic nitrogens is 2. The van der Waals surface area contributed by atoms with E-state index in [9.17, 15) is 4.79 Å². The van der Waals surface area contributed by atoms with Crippen LogP contribution in [0.4, 0.5) is 0 Å². The molecule has 0 bridgehead atoms. The van der Waals surface area contributed by atoms with Crippen LogP contribution < -0.4 is 10.1 Å². The highest BCUT2D eigenvalue weighted by Gasteiger charge is 2.15. The fourth-order valence-corrected chi connectivity index (χ4v) is 2.48. The molecule has 1 aromatic heterocycles. The number of carbonyl (C=O) groups is 1. The van der Waals surface area contributed by atoms with Crippen molar-refractivity contribution in [1.82, 2.24) is 15.1 Å². The summed E-state index contributed by atoms with van der Waals surface area (Å²) >= 11 is 6.13. The van der Waals surface area contributed by atoms with Crippen molar-refractivity contribution < 1.29 is 14.6 Å². The first kappa shape index (κ1) is 17.3. The first-order valence-corrected chi connectivity index (χ1v) is 7.67. The molecule has 7 heteroatoms. The number of rotatable bonds is 7. The largest absolute Gasteiger partial charge is 0.491 e. The lowest BCUT2D eigenvalue weighted by atomic mass is 10.1. The van der Waals surface area contributed by atoms with E-state index in [-0.39, 0.29) is 25.5 Å². The molecule has 0 aliphatic rings. The van der Waals surface area contributed by atoms with E-state index >= 15 is 0 Å². The Kier molecular flexibility index (Phi) is 6.01. The standard InChI is InChI=1S/C16H20ClN3O3/c1-11-13(16(17)20(2)19-11)9-15(22)18-10-12-5-3-4-6-14(12)23-8-7-21/h3-6,21H,7-10H2,1-2H3,(H,18,22). The highest BCUT2D eigenvalue weighted by atomic mass is 35.5. The first-order chi connectivity index (χ1) is 11.0. The van der Waals surface area contributed by atoms with Gasteiger partial charge in [0.25, 0.3) is 0 Å². The molecule has 0 radical (unpaired) electrons. The second-order valence-electron chi connectivity index (χ2n) is 5.11. The number of halogens is 1. The SMILES string of the molecule is Cc1nn(C)c(Cl)c1CC(=O)NCc1ccccc1OCCO. The molecule has 23 heavy (non-hydrogen) atoms. The van der Waals surface area contributed by atoms with Crippen LogP contribution in [0.5, 0.6) is 5.75 Å². The number of hydrogen-bond donors (Lipinski definition) is 2. The lowest BCUT2D eigenvalue weighted by Crippen LogP contribution is -2.25. The average Bonchev–Trinajstić information content (AvgIpc) is 2.78. The van der Waals surface area contributed by atoms with Crippen LogP contribution >= 0.6 is 11.6 Å². The summed E-state index contributed by atoms with van der Waals surface area (Å²) in [4.78, 5) is 12.1. The fourth-order valence-electron chi connectivity index (χ4n) is 2.24. The third-order valence-electron chi connectivity index (χ3n) is 3.40. The summed E-state index contributed by atoms with van der Waals surface area (Å²) in [6, 6.07) is 7.39. The Bertz CT molecular complexity index is 685. The molecule has 0 saturated heterocycles. The van der Waals surface area contributed by atoms with Gasteiger partial charge in [-0.1, -0.05) is 29.8 Å². The van der Waals surface area contributed by atoms with Gasteiger partial charge in [-0.15, -0.1) is 0 Å². The summed E-state index contributed by atoms with van der Waals surface area (Å²) in [5.41, 5.74) is 2.33. The molecule has 0 atom stereocenters. The zero-order chi connectivity index (χ0) is 16.8. The van der Waals surface area contributed by atoms with E-state index in [0.29, 0.717) is 17.4 Å². The Labute approximate surface area is 140 Å². The predicted molar refractivity (Wildman–Crippen MR) is 87.5 cm³/mol. The molecule has 6 nitrogen and oxygen atoms in total. The summed E-state index contributed by atoms with van der Waals surface area (Å²) in [5.74, 6) is 0.511. The van der Waals surface area contributed by atoms with Crippen molar-refractivity contribution in [2.24, 2.45) is 7.05 Å². The van der Waals surface area contributed by atoms with Crippen LogP contribution in [0.25, 0.3) is 0 Å². The lowest BCUT2D eigenvalue weighted by molar-refractivity contribution is -0.120. The van der Waals surface area contributed by atoms with Gasteiger partial charge in [-0.25, -0.2) is 0 Å². The van der Waals surface area contributed by atoms with E-state index in [4.69, 9.17) is 21.4 Å². The second kappa shape index (κ2) is 7.99. The predicted octanol–water partition coefficient (Wildman–Crippen LogP) is 1.61. The summed E-state index contributed by atoms with van der Waals surface area (Å²) in [6.07, 6.45) is 0.179. The van der Waals surface area contributed by atoms with Crippen LogP contribution in [0.1, 0.15) is 16.8 Å². The minimum absolute atomic E-state index is 0.0561. The molecule has 1 aromatic carbocycles. The van der Waals surface area contributed by atoms with Crippen LogP contribution in [0.2, 0.25) is 5.15 Å². The van der Waals surface area contributed by atoms with Crippen molar-refractivity contribution in [2.75, 3.05) is 13.2 Å². The summed E-state index contributed by atoms with van der Waals surface area (Å²) in [6.45, 7) is 2.33. The van der Waals surface area contributed by atoms with Crippen LogP contribution in [0.15, 0.2) is 24.3 Å². The lowest BCUT2D eigenvalue weighted by Gasteiger charge is -2.11. The van der Waals surface area contributed by atoms with Gasteiger partial charge in [-0.3, -0.25) is 9.48 Å². The monoisotopic (exact) mass is 337 g/mol. The molecule has 0 aliphatic carbocycles. The van der Waals surface area contributed by atoms with Crippen molar-refractivity contribution in [3.8, 4) is 5.75 Å². The molecule has 124 valence electrons. The van der Waals surface area contributed by atoms with Gasteiger partial charge in [0.2, 0.25) is 5.91 Å². The number of nitrogens with one attached hydrogen (secondary N) is 1. The second-order valence-corrected chi connectivity index (χ2v) is 5.47. The quantitative estimate of drug-likeness (QED) is 0.805. The zero-order valence-electron chi connectivity index (χ0n) is 13.2. The van der Waals surface area contributed by atoms with E-state index in [1.165, 1.54) is 0 Å². The fraction of sp³-hybridized carbons (Fsp3) is 0.375. The average molecular weight is 338 g/mol. The van der Waals surface area contributed by atoms with Gasteiger partial charge >= 0.3 is 0 Å². The number of ether oxygens (including phenoxy) is 1. The third-order valence-corrected chi connectivity index (χ3v) is 3.88. The molecule has 0 aliphatic heterocycles. The minimum Gasteiger partial charge on any atom is -0.491 e. The molecule has 2 N–H and O–H groups in total. The Balaban J connectivity index is 1.97. The van der Waals surface area contributed by atoms with Crippen LogP contribution in [-0.2, 0) is 24.8 Å². The van der Waals surface area contributed by atoms with Gasteiger partial charge in [0.15, 0.2) is 0 Å². The Hall–Kier alpha value is -2.05. The van der Waals surface area contributed by atoms with Crippen LogP contribution in [-0.4, -0.2) is 34.0 Å². The number of benzene rings is 1. The van der Waals surface area contributed by atoms with Gasteiger partial charge in [-0.05, 0) is 13.0 Å². The number of para-hydroxylation sites is 1. The number of carbonyl (C=O) groups excluding carboxylic acids is 1. The zero-order valence-corrected chi connectivity index (χ0v) is 13.9. The van der Waals surface area contributed by atoms with Gasteiger partial charge in [0.05, 0.1) is 18.7 Å². The Morgan fingerprint density at radius 2 is 2.17 bits per heavy atom. The Morgan fingerprint density at radius 3 is 2.83 bits per heavy atom. The summed E-state index contributed by atoms with van der Waals surface area (Å²) in [7, 11) is 1.74. The summed E-state index contributed by atoms with van der Waals surface area (Å²) < 4.78 is 7.00. The van der Waals surface area contributed by atoms with Crippen molar-refractivity contribution >= 4 is 17.5 Å². The third kappa shape index (κ3) is 4.46. The first-order valence-electron chi connectivity index (χ1n) is 7.29. The van der Waals surface area contributed by atoms with Crippen molar-refractivity contribution in [2.45, 2.75) is 19.9 Å². The van der Waals surface area contributed by atoms with E-state index < -0.39 is 0 Å². The molecule has 0 unspecified atom stereocenters. The highest BCUT2D eigenvalue weighted by Crippen LogP contribution is 2.20. The normalized spacial score (nSPS) is 10.6. The number of nitrogens with zero attached hydrogens (tertiary/aromatic N) is 2. The number of hydrogen-bond acceptors (Lipinski definition) is 4. The number of aliphatic hydroxyl groups excluding tert-OH is 1. The topological polar surface area (TPSA) is 76.4 Å².